The van der Waals surface area contributed by atoms with Crippen molar-refractivity contribution in [3.05, 3.63) is 35.7 Å². The Labute approximate surface area is 101 Å². The van der Waals surface area contributed by atoms with Gasteiger partial charge in [0.25, 0.3) is 5.78 Å². The van der Waals surface area contributed by atoms with E-state index >= 15 is 0 Å². The Kier molecular flexibility index (Phi) is 2.80. The van der Waals surface area contributed by atoms with Crippen LogP contribution in [0.1, 0.15) is 15.9 Å². The van der Waals surface area contributed by atoms with Gasteiger partial charge in [0.05, 0.1) is 11.2 Å². The fourth-order valence-electron chi connectivity index (χ4n) is 1.98. The number of hydrogen-bond acceptors (Lipinski definition) is 2. The van der Waals surface area contributed by atoms with E-state index in [0.717, 1.165) is 5.52 Å². The third kappa shape index (κ3) is 1.83. The predicted octanol–water partition coefficient (Wildman–Crippen LogP) is 3.03. The first-order valence-corrected chi connectivity index (χ1v) is 5.26. The molecule has 0 amide bonds. The van der Waals surface area contributed by atoms with Gasteiger partial charge in [0.1, 0.15) is 0 Å². The molecule has 2 rings (SSSR count). The highest BCUT2D eigenvalue weighted by Gasteiger charge is 2.40. The standard InChI is InChI=1S/C12H11F3N2O/c1-7-8(11(18)12(13,14)15)6-17-5-3-4-9(17)10(7)16-2/h3-6,16H,1-2H3. The zero-order valence-electron chi connectivity index (χ0n) is 9.80. The molecule has 96 valence electrons. The fourth-order valence-corrected chi connectivity index (χ4v) is 1.98. The summed E-state index contributed by atoms with van der Waals surface area (Å²) in [6, 6.07) is 3.47. The number of halogens is 3. The van der Waals surface area contributed by atoms with Crippen LogP contribution in [0.3, 0.4) is 0 Å². The van der Waals surface area contributed by atoms with E-state index in [1.807, 2.05) is 0 Å². The van der Waals surface area contributed by atoms with Gasteiger partial charge >= 0.3 is 6.18 Å². The van der Waals surface area contributed by atoms with Crippen molar-refractivity contribution in [3.8, 4) is 0 Å². The second-order valence-corrected chi connectivity index (χ2v) is 3.92. The van der Waals surface area contributed by atoms with Gasteiger partial charge in [-0.1, -0.05) is 0 Å². The molecule has 0 saturated carbocycles. The lowest BCUT2D eigenvalue weighted by Crippen LogP contribution is -2.24. The van der Waals surface area contributed by atoms with E-state index in [2.05, 4.69) is 5.32 Å². The number of Topliss-reactive ketones (excluding diaryl/α,β-unsaturated/α-hetero) is 1. The molecule has 0 fully saturated rings. The lowest BCUT2D eigenvalue weighted by molar-refractivity contribution is -0.0885. The number of hydrogen-bond donors (Lipinski definition) is 1. The Hall–Kier alpha value is -1.98. The number of carbonyl (C=O) groups excluding carboxylic acids is 1. The maximum Gasteiger partial charge on any atom is 0.454 e. The van der Waals surface area contributed by atoms with Crippen molar-refractivity contribution < 1.29 is 18.0 Å². The Morgan fingerprint density at radius 1 is 1.39 bits per heavy atom. The minimum absolute atomic E-state index is 0.297. The number of pyridine rings is 1. The van der Waals surface area contributed by atoms with Gasteiger partial charge in [-0.05, 0) is 24.6 Å². The molecule has 0 bridgehead atoms. The molecule has 0 aliphatic heterocycles. The van der Waals surface area contributed by atoms with E-state index in [1.165, 1.54) is 17.5 Å². The maximum absolute atomic E-state index is 12.5. The maximum atomic E-state index is 12.5. The number of carbonyl (C=O) groups is 1. The number of ketones is 1. The molecule has 0 aliphatic rings. The smallest absolute Gasteiger partial charge is 0.386 e. The molecular formula is C12H11F3N2O. The van der Waals surface area contributed by atoms with Gasteiger partial charge in [-0.2, -0.15) is 13.2 Å². The number of rotatable bonds is 2. The lowest BCUT2D eigenvalue weighted by Gasteiger charge is -2.14. The van der Waals surface area contributed by atoms with Gasteiger partial charge in [0.15, 0.2) is 0 Å². The van der Waals surface area contributed by atoms with Crippen LogP contribution in [-0.2, 0) is 0 Å². The molecular weight excluding hydrogens is 245 g/mol. The third-order valence-corrected chi connectivity index (χ3v) is 2.83. The molecule has 6 heteroatoms. The monoisotopic (exact) mass is 256 g/mol. The summed E-state index contributed by atoms with van der Waals surface area (Å²) in [4.78, 5) is 11.4. The topological polar surface area (TPSA) is 33.5 Å². The van der Waals surface area contributed by atoms with Crippen LogP contribution >= 0.6 is 0 Å². The fraction of sp³-hybridized carbons (Fsp3) is 0.250. The van der Waals surface area contributed by atoms with Gasteiger partial charge in [-0.15, -0.1) is 0 Å². The molecule has 0 spiro atoms. The normalized spacial score (nSPS) is 11.8. The van der Waals surface area contributed by atoms with Crippen LogP contribution in [0.25, 0.3) is 5.52 Å². The summed E-state index contributed by atoms with van der Waals surface area (Å²) in [7, 11) is 1.61. The molecule has 18 heavy (non-hydrogen) atoms. The van der Waals surface area contributed by atoms with Gasteiger partial charge in [0.2, 0.25) is 0 Å². The first-order chi connectivity index (χ1) is 8.36. The van der Waals surface area contributed by atoms with Crippen molar-refractivity contribution >= 4 is 17.0 Å². The van der Waals surface area contributed by atoms with Crippen molar-refractivity contribution in [1.29, 1.82) is 0 Å². The van der Waals surface area contributed by atoms with Crippen LogP contribution in [0.2, 0.25) is 0 Å². The summed E-state index contributed by atoms with van der Waals surface area (Å²) in [5, 5.41) is 2.83. The molecule has 1 N–H and O–H groups in total. The molecule has 0 aliphatic carbocycles. The SMILES string of the molecule is CNc1c(C)c(C(=O)C(F)(F)F)cn2cccc12. The van der Waals surface area contributed by atoms with Gasteiger partial charge in [-0.25, -0.2) is 0 Å². The van der Waals surface area contributed by atoms with E-state index in [1.54, 1.807) is 25.4 Å². The summed E-state index contributed by atoms with van der Waals surface area (Å²) in [6.45, 7) is 1.50. The molecule has 0 atom stereocenters. The molecule has 3 nitrogen and oxygen atoms in total. The average Bonchev–Trinajstić information content (AvgIpc) is 2.73. The molecule has 2 aromatic rings. The molecule has 2 aromatic heterocycles. The number of alkyl halides is 3. The minimum atomic E-state index is -4.86. The quantitative estimate of drug-likeness (QED) is 0.838. The van der Waals surface area contributed by atoms with Crippen molar-refractivity contribution in [2.75, 3.05) is 12.4 Å². The number of anilines is 1. The Bertz CT molecular complexity index is 614. The molecule has 0 aromatic carbocycles. The van der Waals surface area contributed by atoms with E-state index in [9.17, 15) is 18.0 Å². The zero-order chi connectivity index (χ0) is 13.5. The average molecular weight is 256 g/mol. The Morgan fingerprint density at radius 2 is 2.06 bits per heavy atom. The van der Waals surface area contributed by atoms with E-state index in [0.29, 0.717) is 11.3 Å². The van der Waals surface area contributed by atoms with Crippen LogP contribution in [0.4, 0.5) is 18.9 Å². The Morgan fingerprint density at radius 3 is 2.61 bits per heavy atom. The number of fused-ring (bicyclic) bond motifs is 1. The second-order valence-electron chi connectivity index (χ2n) is 3.92. The first-order valence-electron chi connectivity index (χ1n) is 5.26. The highest BCUT2D eigenvalue weighted by molar-refractivity contribution is 6.03. The molecule has 2 heterocycles. The van der Waals surface area contributed by atoms with Gasteiger partial charge in [0, 0.05) is 25.0 Å². The molecule has 0 radical (unpaired) electrons. The first kappa shape index (κ1) is 12.5. The highest BCUT2D eigenvalue weighted by Crippen LogP contribution is 2.29. The van der Waals surface area contributed by atoms with Crippen molar-refractivity contribution in [2.45, 2.75) is 13.1 Å². The van der Waals surface area contributed by atoms with Crippen molar-refractivity contribution in [2.24, 2.45) is 0 Å². The summed E-state index contributed by atoms with van der Waals surface area (Å²) in [5.41, 5.74) is 1.21. The largest absolute Gasteiger partial charge is 0.454 e. The summed E-state index contributed by atoms with van der Waals surface area (Å²) >= 11 is 0. The van der Waals surface area contributed by atoms with Crippen LogP contribution in [-0.4, -0.2) is 23.4 Å². The van der Waals surface area contributed by atoms with Crippen LogP contribution in [0.5, 0.6) is 0 Å². The second kappa shape index (κ2) is 4.04. The number of nitrogens with zero attached hydrogens (tertiary/aromatic N) is 1. The van der Waals surface area contributed by atoms with E-state index in [-0.39, 0.29) is 5.56 Å². The van der Waals surface area contributed by atoms with E-state index < -0.39 is 12.0 Å². The van der Waals surface area contributed by atoms with Gasteiger partial charge < -0.3 is 9.72 Å². The minimum Gasteiger partial charge on any atom is -0.386 e. The lowest BCUT2D eigenvalue weighted by atomic mass is 10.0. The number of aromatic nitrogens is 1. The van der Waals surface area contributed by atoms with Crippen LogP contribution < -0.4 is 5.32 Å². The predicted molar refractivity (Wildman–Crippen MR) is 62.1 cm³/mol. The van der Waals surface area contributed by atoms with Crippen LogP contribution in [0, 0.1) is 6.92 Å². The summed E-state index contributed by atoms with van der Waals surface area (Å²) in [5.74, 6) is -1.83. The Balaban J connectivity index is 2.72. The number of nitrogens with one attached hydrogen (secondary N) is 1. The van der Waals surface area contributed by atoms with Crippen molar-refractivity contribution in [1.82, 2.24) is 4.40 Å². The van der Waals surface area contributed by atoms with Crippen molar-refractivity contribution in [3.63, 3.8) is 0 Å². The molecule has 0 unspecified atom stereocenters. The zero-order valence-corrected chi connectivity index (χ0v) is 9.80. The molecule has 0 saturated heterocycles. The summed E-state index contributed by atoms with van der Waals surface area (Å²) in [6.07, 6.45) is -2.05. The van der Waals surface area contributed by atoms with Crippen LogP contribution in [0.15, 0.2) is 24.5 Å². The third-order valence-electron chi connectivity index (χ3n) is 2.83. The van der Waals surface area contributed by atoms with E-state index in [4.69, 9.17) is 0 Å². The highest BCUT2D eigenvalue weighted by atomic mass is 19.4. The van der Waals surface area contributed by atoms with Gasteiger partial charge in [-0.3, -0.25) is 4.79 Å². The summed E-state index contributed by atoms with van der Waals surface area (Å²) < 4.78 is 39.0.